The summed E-state index contributed by atoms with van der Waals surface area (Å²) in [6.45, 7) is 7.66. The predicted molar refractivity (Wildman–Crippen MR) is 93.8 cm³/mol. The summed E-state index contributed by atoms with van der Waals surface area (Å²) in [6.07, 6.45) is 4.93. The Morgan fingerprint density at radius 2 is 2.12 bits per heavy atom. The molecule has 0 aromatic carbocycles. The van der Waals surface area contributed by atoms with Crippen LogP contribution in [0.2, 0.25) is 0 Å². The summed E-state index contributed by atoms with van der Waals surface area (Å²) in [4.78, 5) is 4.59. The highest BCUT2D eigenvalue weighted by Gasteiger charge is 2.56. The van der Waals surface area contributed by atoms with E-state index in [2.05, 4.69) is 42.0 Å². The third-order valence-corrected chi connectivity index (χ3v) is 5.79. The molecule has 6 heteroatoms. The maximum atomic E-state index is 10.4. The van der Waals surface area contributed by atoms with Gasteiger partial charge in [0.25, 0.3) is 0 Å². The lowest BCUT2D eigenvalue weighted by atomic mass is 9.58. The summed E-state index contributed by atoms with van der Waals surface area (Å²) in [5.74, 6) is 0. The molecule has 6 nitrogen and oxygen atoms in total. The highest BCUT2D eigenvalue weighted by atomic mass is 16.5. The summed E-state index contributed by atoms with van der Waals surface area (Å²) in [7, 11) is 4.13. The average Bonchev–Trinajstić information content (AvgIpc) is 3.02. The summed E-state index contributed by atoms with van der Waals surface area (Å²) in [6, 6.07) is 2.11. The Morgan fingerprint density at radius 1 is 1.38 bits per heavy atom. The SMILES string of the molecule is CCn1ccc(CN2CCC3(CC2)[C@@H](O)C[C@H]3OCCN(C)C)n1. The molecule has 1 N–H and O–H groups in total. The van der Waals surface area contributed by atoms with Crippen molar-refractivity contribution in [3.05, 3.63) is 18.0 Å². The van der Waals surface area contributed by atoms with Crippen LogP contribution in [0.3, 0.4) is 0 Å². The quantitative estimate of drug-likeness (QED) is 0.811. The van der Waals surface area contributed by atoms with E-state index in [0.29, 0.717) is 0 Å². The van der Waals surface area contributed by atoms with Crippen molar-refractivity contribution in [2.75, 3.05) is 40.3 Å². The minimum atomic E-state index is -0.191. The Labute approximate surface area is 145 Å². The number of aryl methyl sites for hydroxylation is 1. The van der Waals surface area contributed by atoms with E-state index in [9.17, 15) is 5.11 Å². The molecule has 2 atom stereocenters. The number of rotatable bonds is 7. The number of hydrogen-bond acceptors (Lipinski definition) is 5. The van der Waals surface area contributed by atoms with Gasteiger partial charge < -0.3 is 14.7 Å². The van der Waals surface area contributed by atoms with Crippen LogP contribution in [0.25, 0.3) is 0 Å². The first-order valence-electron chi connectivity index (χ1n) is 9.22. The van der Waals surface area contributed by atoms with Gasteiger partial charge >= 0.3 is 0 Å². The van der Waals surface area contributed by atoms with Crippen molar-refractivity contribution in [3.63, 3.8) is 0 Å². The fraction of sp³-hybridized carbons (Fsp3) is 0.833. The first-order chi connectivity index (χ1) is 11.5. The van der Waals surface area contributed by atoms with Gasteiger partial charge in [-0.3, -0.25) is 9.58 Å². The standard InChI is InChI=1S/C18H32N4O2/c1-4-22-8-5-15(19-22)14-21-9-6-18(7-10-21)16(23)13-17(18)24-12-11-20(2)3/h5,8,16-17,23H,4,6-7,9-14H2,1-3H3/t16-,17+/m0/s1. The molecule has 3 rings (SSSR count). The second kappa shape index (κ2) is 7.52. The minimum absolute atomic E-state index is 0.00834. The fourth-order valence-corrected chi connectivity index (χ4v) is 4.01. The monoisotopic (exact) mass is 336 g/mol. The van der Waals surface area contributed by atoms with E-state index in [1.165, 1.54) is 0 Å². The van der Waals surface area contributed by atoms with Crippen LogP contribution in [0.5, 0.6) is 0 Å². The van der Waals surface area contributed by atoms with Crippen molar-refractivity contribution in [3.8, 4) is 0 Å². The van der Waals surface area contributed by atoms with Gasteiger partial charge in [0.15, 0.2) is 0 Å². The molecule has 0 bridgehead atoms. The lowest BCUT2D eigenvalue weighted by molar-refractivity contribution is -0.212. The summed E-state index contributed by atoms with van der Waals surface area (Å²) >= 11 is 0. The van der Waals surface area contributed by atoms with Gasteiger partial charge in [0, 0.05) is 37.7 Å². The van der Waals surface area contributed by atoms with Crippen LogP contribution in [-0.2, 0) is 17.8 Å². The number of aliphatic hydroxyl groups is 1. The van der Waals surface area contributed by atoms with Crippen LogP contribution < -0.4 is 0 Å². The van der Waals surface area contributed by atoms with Gasteiger partial charge in [-0.15, -0.1) is 0 Å². The molecular formula is C18H32N4O2. The lowest BCUT2D eigenvalue weighted by Crippen LogP contribution is -2.62. The van der Waals surface area contributed by atoms with Crippen molar-refractivity contribution in [2.45, 2.75) is 51.5 Å². The normalized spacial score (nSPS) is 26.9. The third-order valence-electron chi connectivity index (χ3n) is 5.79. The van der Waals surface area contributed by atoms with Crippen molar-refractivity contribution in [1.29, 1.82) is 0 Å². The Kier molecular flexibility index (Phi) is 5.59. The largest absolute Gasteiger partial charge is 0.392 e. The van der Waals surface area contributed by atoms with Gasteiger partial charge in [-0.25, -0.2) is 0 Å². The van der Waals surface area contributed by atoms with Gasteiger partial charge in [0.2, 0.25) is 0 Å². The molecule has 1 saturated carbocycles. The number of nitrogens with zero attached hydrogens (tertiary/aromatic N) is 4. The summed E-state index contributed by atoms with van der Waals surface area (Å²) in [5, 5.41) is 15.0. The molecule has 2 aliphatic rings. The molecule has 2 fully saturated rings. The predicted octanol–water partition coefficient (Wildman–Crippen LogP) is 1.20. The summed E-state index contributed by atoms with van der Waals surface area (Å²) in [5.41, 5.74) is 1.13. The average molecular weight is 336 g/mol. The van der Waals surface area contributed by atoms with E-state index >= 15 is 0 Å². The Hall–Kier alpha value is -0.950. The number of aromatic nitrogens is 2. The van der Waals surface area contributed by atoms with Crippen LogP contribution in [-0.4, -0.2) is 77.2 Å². The van der Waals surface area contributed by atoms with Gasteiger partial charge in [-0.1, -0.05) is 0 Å². The molecule has 0 radical (unpaired) electrons. The Balaban J connectivity index is 1.49. The molecular weight excluding hydrogens is 304 g/mol. The number of likely N-dealkylation sites (N-methyl/N-ethyl adjacent to an activating group) is 1. The van der Waals surface area contributed by atoms with Crippen molar-refractivity contribution < 1.29 is 9.84 Å². The highest BCUT2D eigenvalue weighted by molar-refractivity contribution is 5.07. The minimum Gasteiger partial charge on any atom is -0.392 e. The zero-order chi connectivity index (χ0) is 17.2. The Bertz CT molecular complexity index is 523. The van der Waals surface area contributed by atoms with Crippen molar-refractivity contribution in [1.82, 2.24) is 19.6 Å². The zero-order valence-corrected chi connectivity index (χ0v) is 15.3. The second-order valence-corrected chi connectivity index (χ2v) is 7.59. The van der Waals surface area contributed by atoms with Crippen molar-refractivity contribution in [2.24, 2.45) is 5.41 Å². The fourth-order valence-electron chi connectivity index (χ4n) is 4.01. The smallest absolute Gasteiger partial charge is 0.0764 e. The number of likely N-dealkylation sites (tertiary alicyclic amines) is 1. The van der Waals surface area contributed by atoms with E-state index in [1.807, 2.05) is 10.9 Å². The van der Waals surface area contributed by atoms with Gasteiger partial charge in [-0.2, -0.15) is 5.10 Å². The number of ether oxygens (including phenoxy) is 1. The van der Waals surface area contributed by atoms with Crippen LogP contribution in [0.4, 0.5) is 0 Å². The second-order valence-electron chi connectivity index (χ2n) is 7.59. The summed E-state index contributed by atoms with van der Waals surface area (Å²) < 4.78 is 8.07. The molecule has 1 saturated heterocycles. The maximum absolute atomic E-state index is 10.4. The Morgan fingerprint density at radius 3 is 2.71 bits per heavy atom. The first-order valence-corrected chi connectivity index (χ1v) is 9.22. The molecule has 136 valence electrons. The number of hydrogen-bond donors (Lipinski definition) is 1. The van der Waals surface area contributed by atoms with E-state index in [4.69, 9.17) is 4.74 Å². The molecule has 1 aromatic rings. The van der Waals surface area contributed by atoms with Crippen LogP contribution >= 0.6 is 0 Å². The molecule has 1 spiro atoms. The molecule has 1 aliphatic heterocycles. The maximum Gasteiger partial charge on any atom is 0.0764 e. The first kappa shape index (κ1) is 17.9. The van der Waals surface area contributed by atoms with Gasteiger partial charge in [0.1, 0.15) is 0 Å². The molecule has 0 amide bonds. The van der Waals surface area contributed by atoms with Gasteiger partial charge in [-0.05, 0) is 53.0 Å². The lowest BCUT2D eigenvalue weighted by Gasteiger charge is -2.56. The molecule has 24 heavy (non-hydrogen) atoms. The number of aliphatic hydroxyl groups excluding tert-OH is 1. The van der Waals surface area contributed by atoms with Crippen LogP contribution in [0, 0.1) is 5.41 Å². The van der Waals surface area contributed by atoms with Crippen LogP contribution in [0.1, 0.15) is 31.9 Å². The molecule has 0 unspecified atom stereocenters. The molecule has 2 heterocycles. The van der Waals surface area contributed by atoms with Gasteiger partial charge in [0.05, 0.1) is 24.5 Å². The zero-order valence-electron chi connectivity index (χ0n) is 15.3. The highest BCUT2D eigenvalue weighted by Crippen LogP contribution is 2.51. The van der Waals surface area contributed by atoms with E-state index in [1.54, 1.807) is 0 Å². The molecule has 1 aliphatic carbocycles. The third kappa shape index (κ3) is 3.67. The van der Waals surface area contributed by atoms with E-state index < -0.39 is 0 Å². The van der Waals surface area contributed by atoms with E-state index in [-0.39, 0.29) is 17.6 Å². The van der Waals surface area contributed by atoms with Crippen LogP contribution in [0.15, 0.2) is 12.3 Å². The van der Waals surface area contributed by atoms with E-state index in [0.717, 1.165) is 64.3 Å². The number of piperidine rings is 1. The molecule has 1 aromatic heterocycles. The topological polar surface area (TPSA) is 53.8 Å². The van der Waals surface area contributed by atoms with Crippen molar-refractivity contribution >= 4 is 0 Å².